The first kappa shape index (κ1) is 20.0. The number of benzene rings is 2. The predicted octanol–water partition coefficient (Wildman–Crippen LogP) is 4.06. The smallest absolute Gasteiger partial charge is 0.223 e. The van der Waals surface area contributed by atoms with Gasteiger partial charge in [-0.2, -0.15) is 0 Å². The minimum absolute atomic E-state index is 0.0597. The highest BCUT2D eigenvalue weighted by atomic mass is 35.5. The summed E-state index contributed by atoms with van der Waals surface area (Å²) in [5.41, 5.74) is 4.10. The molecule has 0 saturated carbocycles. The lowest BCUT2D eigenvalue weighted by molar-refractivity contribution is -0.121. The molecule has 2 amide bonds. The maximum absolute atomic E-state index is 12.1. The van der Waals surface area contributed by atoms with Crippen LogP contribution in [0, 0.1) is 13.8 Å². The summed E-state index contributed by atoms with van der Waals surface area (Å²) in [5.74, 6) is -0.122. The Morgan fingerprint density at radius 1 is 1.08 bits per heavy atom. The van der Waals surface area contributed by atoms with E-state index in [0.717, 1.165) is 28.8 Å². The van der Waals surface area contributed by atoms with E-state index in [4.69, 9.17) is 11.6 Å². The fourth-order valence-corrected chi connectivity index (χ4v) is 2.88. The second-order valence-corrected chi connectivity index (χ2v) is 6.87. The van der Waals surface area contributed by atoms with E-state index in [0.29, 0.717) is 18.1 Å². The second-order valence-electron chi connectivity index (χ2n) is 6.44. The molecule has 4 nitrogen and oxygen atoms in total. The molecule has 26 heavy (non-hydrogen) atoms. The summed E-state index contributed by atoms with van der Waals surface area (Å²) in [5, 5.41) is 3.61. The van der Waals surface area contributed by atoms with Crippen LogP contribution in [-0.2, 0) is 16.0 Å². The molecule has 0 saturated heterocycles. The van der Waals surface area contributed by atoms with Crippen molar-refractivity contribution in [2.24, 2.45) is 0 Å². The van der Waals surface area contributed by atoms with Gasteiger partial charge in [0.1, 0.15) is 0 Å². The van der Waals surface area contributed by atoms with Gasteiger partial charge in [-0.3, -0.25) is 9.59 Å². The summed E-state index contributed by atoms with van der Waals surface area (Å²) >= 11 is 5.86. The van der Waals surface area contributed by atoms with Gasteiger partial charge >= 0.3 is 0 Å². The molecule has 0 radical (unpaired) electrons. The number of nitrogens with zero attached hydrogens (tertiary/aromatic N) is 1. The van der Waals surface area contributed by atoms with Crippen LogP contribution in [0.3, 0.4) is 0 Å². The van der Waals surface area contributed by atoms with Gasteiger partial charge in [0.15, 0.2) is 0 Å². The van der Waals surface area contributed by atoms with Crippen molar-refractivity contribution in [1.82, 2.24) is 5.32 Å². The molecule has 0 bridgehead atoms. The summed E-state index contributed by atoms with van der Waals surface area (Å²) in [4.78, 5) is 25.8. The van der Waals surface area contributed by atoms with Crippen LogP contribution >= 0.6 is 11.6 Å². The van der Waals surface area contributed by atoms with Crippen LogP contribution in [-0.4, -0.2) is 24.9 Å². The van der Waals surface area contributed by atoms with Crippen LogP contribution in [0.2, 0.25) is 5.02 Å². The third-order valence-electron chi connectivity index (χ3n) is 4.25. The van der Waals surface area contributed by atoms with Gasteiger partial charge in [0.2, 0.25) is 11.8 Å². The van der Waals surface area contributed by atoms with Gasteiger partial charge in [-0.15, -0.1) is 0 Å². The molecule has 2 aromatic carbocycles. The van der Waals surface area contributed by atoms with Gasteiger partial charge in [0.05, 0.1) is 0 Å². The molecule has 0 aromatic heterocycles. The van der Waals surface area contributed by atoms with Gasteiger partial charge in [-0.1, -0.05) is 35.9 Å². The van der Waals surface area contributed by atoms with Crippen LogP contribution < -0.4 is 10.2 Å². The first-order chi connectivity index (χ1) is 12.4. The first-order valence-electron chi connectivity index (χ1n) is 8.73. The summed E-state index contributed by atoms with van der Waals surface area (Å²) in [6, 6.07) is 13.6. The van der Waals surface area contributed by atoms with Crippen LogP contribution in [0.25, 0.3) is 0 Å². The lowest BCUT2D eigenvalue weighted by Gasteiger charge is -2.23. The Morgan fingerprint density at radius 2 is 1.77 bits per heavy atom. The molecule has 0 aliphatic rings. The zero-order valence-electron chi connectivity index (χ0n) is 15.5. The number of carbonyl (C=O) groups excluding carboxylic acids is 2. The Kier molecular flexibility index (Phi) is 7.22. The molecule has 0 heterocycles. The van der Waals surface area contributed by atoms with E-state index < -0.39 is 0 Å². The average molecular weight is 373 g/mol. The highest BCUT2D eigenvalue weighted by molar-refractivity contribution is 6.30. The Hall–Kier alpha value is -2.33. The van der Waals surface area contributed by atoms with E-state index in [-0.39, 0.29) is 18.2 Å². The SMILES string of the molecule is CC(=O)N(CCC(=O)NCCc1ccc(Cl)cc1)c1cc(C)ccc1C. The number of hydrogen-bond donors (Lipinski definition) is 1. The number of anilines is 1. The third-order valence-corrected chi connectivity index (χ3v) is 4.50. The third kappa shape index (κ3) is 5.88. The molecule has 138 valence electrons. The number of carbonyl (C=O) groups is 2. The van der Waals surface area contributed by atoms with E-state index in [1.54, 1.807) is 4.90 Å². The molecule has 0 aliphatic heterocycles. The number of rotatable bonds is 7. The Morgan fingerprint density at radius 3 is 2.42 bits per heavy atom. The molecule has 0 spiro atoms. The van der Waals surface area contributed by atoms with Crippen molar-refractivity contribution >= 4 is 29.1 Å². The van der Waals surface area contributed by atoms with E-state index in [1.165, 1.54) is 6.92 Å². The lowest BCUT2D eigenvalue weighted by atomic mass is 10.1. The second kappa shape index (κ2) is 9.39. The maximum atomic E-state index is 12.1. The minimum atomic E-state index is -0.0623. The molecule has 5 heteroatoms. The van der Waals surface area contributed by atoms with E-state index >= 15 is 0 Å². The largest absolute Gasteiger partial charge is 0.356 e. The monoisotopic (exact) mass is 372 g/mol. The highest BCUT2D eigenvalue weighted by Gasteiger charge is 2.15. The predicted molar refractivity (Wildman–Crippen MR) is 107 cm³/mol. The quantitative estimate of drug-likeness (QED) is 0.796. The topological polar surface area (TPSA) is 49.4 Å². The molecular weight excluding hydrogens is 348 g/mol. The van der Waals surface area contributed by atoms with Crippen molar-refractivity contribution in [3.63, 3.8) is 0 Å². The van der Waals surface area contributed by atoms with Gasteiger partial charge in [0.25, 0.3) is 0 Å². The number of amides is 2. The Labute approximate surface area is 160 Å². The number of nitrogens with one attached hydrogen (secondary N) is 1. The van der Waals surface area contributed by atoms with Crippen molar-refractivity contribution in [3.05, 3.63) is 64.2 Å². The van der Waals surface area contributed by atoms with Crippen molar-refractivity contribution in [1.29, 1.82) is 0 Å². The van der Waals surface area contributed by atoms with Crippen molar-refractivity contribution in [3.8, 4) is 0 Å². The zero-order valence-corrected chi connectivity index (χ0v) is 16.3. The Balaban J connectivity index is 1.86. The molecule has 0 atom stereocenters. The van der Waals surface area contributed by atoms with Crippen molar-refractivity contribution < 1.29 is 9.59 Å². The maximum Gasteiger partial charge on any atom is 0.223 e. The summed E-state index contributed by atoms with van der Waals surface area (Å²) in [6.07, 6.45) is 1.02. The van der Waals surface area contributed by atoms with Gasteiger partial charge < -0.3 is 10.2 Å². The first-order valence-corrected chi connectivity index (χ1v) is 9.11. The van der Waals surface area contributed by atoms with Crippen LogP contribution in [0.15, 0.2) is 42.5 Å². The van der Waals surface area contributed by atoms with E-state index in [9.17, 15) is 9.59 Å². The van der Waals surface area contributed by atoms with Crippen LogP contribution in [0.4, 0.5) is 5.69 Å². The van der Waals surface area contributed by atoms with Gasteiger partial charge in [-0.25, -0.2) is 0 Å². The van der Waals surface area contributed by atoms with Gasteiger partial charge in [0, 0.05) is 37.1 Å². The number of halogens is 1. The van der Waals surface area contributed by atoms with Crippen molar-refractivity contribution in [2.75, 3.05) is 18.0 Å². The number of hydrogen-bond acceptors (Lipinski definition) is 2. The zero-order chi connectivity index (χ0) is 19.1. The van der Waals surface area contributed by atoms with Crippen molar-refractivity contribution in [2.45, 2.75) is 33.6 Å². The minimum Gasteiger partial charge on any atom is -0.356 e. The summed E-state index contributed by atoms with van der Waals surface area (Å²) in [7, 11) is 0. The molecule has 0 unspecified atom stereocenters. The molecule has 0 fully saturated rings. The normalized spacial score (nSPS) is 10.5. The van der Waals surface area contributed by atoms with Crippen LogP contribution in [0.5, 0.6) is 0 Å². The molecule has 2 aromatic rings. The fraction of sp³-hybridized carbons (Fsp3) is 0.333. The lowest BCUT2D eigenvalue weighted by Crippen LogP contribution is -2.34. The Bertz CT molecular complexity index is 772. The molecule has 0 aliphatic carbocycles. The average Bonchev–Trinajstić information content (AvgIpc) is 2.59. The molecule has 2 rings (SSSR count). The van der Waals surface area contributed by atoms with Gasteiger partial charge in [-0.05, 0) is 55.2 Å². The van der Waals surface area contributed by atoms with E-state index in [2.05, 4.69) is 5.32 Å². The fourth-order valence-electron chi connectivity index (χ4n) is 2.76. The molecular formula is C21H25ClN2O2. The highest BCUT2D eigenvalue weighted by Crippen LogP contribution is 2.22. The number of aryl methyl sites for hydroxylation is 2. The standard InChI is InChI=1S/C21H25ClN2O2/c1-15-4-5-16(2)20(14-15)24(17(3)25)13-11-21(26)23-12-10-18-6-8-19(22)9-7-18/h4-9,14H,10-13H2,1-3H3,(H,23,26). The van der Waals surface area contributed by atoms with Crippen LogP contribution in [0.1, 0.15) is 30.0 Å². The van der Waals surface area contributed by atoms with E-state index in [1.807, 2.05) is 56.3 Å². The summed E-state index contributed by atoms with van der Waals surface area (Å²) < 4.78 is 0. The molecule has 1 N–H and O–H groups in total. The summed E-state index contributed by atoms with van der Waals surface area (Å²) in [6.45, 7) is 6.41.